The number of hydrogen-bond acceptors (Lipinski definition) is 5. The molecule has 0 amide bonds. The zero-order chi connectivity index (χ0) is 15.6. The Kier molecular flexibility index (Phi) is 4.46. The number of pyridine rings is 1. The van der Waals surface area contributed by atoms with Gasteiger partial charge in [0.25, 0.3) is 0 Å². The molecule has 114 valence electrons. The topological polar surface area (TPSA) is 79.5 Å². The Labute approximate surface area is 125 Å². The first-order chi connectivity index (χ1) is 9.80. The monoisotopic (exact) mass is 308 g/mol. The predicted octanol–water partition coefficient (Wildman–Crippen LogP) is 0.999. The van der Waals surface area contributed by atoms with Crippen molar-refractivity contribution in [1.29, 1.82) is 0 Å². The summed E-state index contributed by atoms with van der Waals surface area (Å²) in [5.41, 5.74) is 6.31. The third kappa shape index (κ3) is 3.49. The van der Waals surface area contributed by atoms with Crippen LogP contribution in [0, 0.1) is 0 Å². The lowest BCUT2D eigenvalue weighted by Crippen LogP contribution is -2.33. The van der Waals surface area contributed by atoms with Gasteiger partial charge < -0.3 is 10.6 Å². The average molecular weight is 308 g/mol. The van der Waals surface area contributed by atoms with E-state index < -0.39 is 10.0 Å². The molecule has 2 N–H and O–H groups in total. The maximum Gasteiger partial charge on any atom is 0.242 e. The summed E-state index contributed by atoms with van der Waals surface area (Å²) in [6.45, 7) is 1.11. The lowest BCUT2D eigenvalue weighted by Gasteiger charge is -2.19. The van der Waals surface area contributed by atoms with Crippen LogP contribution in [0.3, 0.4) is 0 Å². The number of nitrogens with two attached hydrogens (primary N) is 1. The third-order valence-corrected chi connectivity index (χ3v) is 5.11. The molecule has 7 heteroatoms. The summed E-state index contributed by atoms with van der Waals surface area (Å²) >= 11 is 0. The maximum absolute atomic E-state index is 12.5. The Bertz CT molecular complexity index is 744. The average Bonchev–Trinajstić information content (AvgIpc) is 2.43. The van der Waals surface area contributed by atoms with Crippen molar-refractivity contribution in [3.05, 3.63) is 30.3 Å². The highest BCUT2D eigenvalue weighted by atomic mass is 32.2. The van der Waals surface area contributed by atoms with E-state index in [0.29, 0.717) is 24.4 Å². The number of nitrogens with zero attached hydrogens (tertiary/aromatic N) is 3. The van der Waals surface area contributed by atoms with Gasteiger partial charge in [0.05, 0.1) is 10.4 Å². The highest BCUT2D eigenvalue weighted by molar-refractivity contribution is 7.89. The summed E-state index contributed by atoms with van der Waals surface area (Å²) in [6.07, 6.45) is 0. The van der Waals surface area contributed by atoms with Gasteiger partial charge in [0.15, 0.2) is 0 Å². The molecule has 21 heavy (non-hydrogen) atoms. The van der Waals surface area contributed by atoms with Crippen molar-refractivity contribution in [2.75, 3.05) is 40.0 Å². The van der Waals surface area contributed by atoms with E-state index in [2.05, 4.69) is 4.98 Å². The van der Waals surface area contributed by atoms with E-state index in [9.17, 15) is 8.42 Å². The van der Waals surface area contributed by atoms with Crippen LogP contribution >= 0.6 is 0 Å². The first-order valence-corrected chi connectivity index (χ1v) is 8.02. The summed E-state index contributed by atoms with van der Waals surface area (Å²) in [5, 5.41) is 0.756. The standard InChI is InChI=1S/C14H20N4O2S/c1-17(2)8-9-18(3)21(19,20)12-5-6-13-11(10-12)4-7-14(15)16-13/h4-7,10H,8-9H2,1-3H3,(H2,15,16). The molecule has 0 fully saturated rings. The fourth-order valence-corrected chi connectivity index (χ4v) is 3.12. The largest absolute Gasteiger partial charge is 0.384 e. The quantitative estimate of drug-likeness (QED) is 0.891. The second kappa shape index (κ2) is 5.97. The Balaban J connectivity index is 2.33. The molecule has 0 aliphatic rings. The number of fused-ring (bicyclic) bond motifs is 1. The van der Waals surface area contributed by atoms with E-state index >= 15 is 0 Å². The molecule has 0 unspecified atom stereocenters. The first kappa shape index (κ1) is 15.7. The number of aromatic nitrogens is 1. The van der Waals surface area contributed by atoms with E-state index in [1.165, 1.54) is 4.31 Å². The molecule has 2 aromatic rings. The van der Waals surface area contributed by atoms with E-state index in [1.807, 2.05) is 19.0 Å². The molecule has 0 radical (unpaired) electrons. The number of anilines is 1. The number of rotatable bonds is 5. The van der Waals surface area contributed by atoms with Crippen LogP contribution < -0.4 is 5.73 Å². The Morgan fingerprint density at radius 3 is 2.48 bits per heavy atom. The molecule has 0 saturated heterocycles. The van der Waals surface area contributed by atoms with Crippen molar-refractivity contribution in [1.82, 2.24) is 14.2 Å². The second-order valence-corrected chi connectivity index (χ2v) is 7.27. The molecule has 0 saturated carbocycles. The minimum atomic E-state index is -3.49. The van der Waals surface area contributed by atoms with Gasteiger partial charge in [0.1, 0.15) is 5.82 Å². The van der Waals surface area contributed by atoms with E-state index in [0.717, 1.165) is 5.39 Å². The molecule has 0 aliphatic heterocycles. The van der Waals surface area contributed by atoms with Crippen molar-refractivity contribution in [2.45, 2.75) is 4.90 Å². The van der Waals surface area contributed by atoms with Crippen LogP contribution in [-0.4, -0.2) is 56.8 Å². The van der Waals surface area contributed by atoms with Gasteiger partial charge in [0, 0.05) is 25.5 Å². The van der Waals surface area contributed by atoms with Crippen LogP contribution in [0.25, 0.3) is 10.9 Å². The number of likely N-dealkylation sites (N-methyl/N-ethyl adjacent to an activating group) is 2. The van der Waals surface area contributed by atoms with E-state index in [4.69, 9.17) is 5.73 Å². The lowest BCUT2D eigenvalue weighted by atomic mass is 10.2. The van der Waals surface area contributed by atoms with E-state index in [1.54, 1.807) is 37.4 Å². The van der Waals surface area contributed by atoms with E-state index in [-0.39, 0.29) is 4.90 Å². The minimum Gasteiger partial charge on any atom is -0.384 e. The summed E-state index contributed by atoms with van der Waals surface area (Å²) in [6, 6.07) is 8.31. The number of nitrogen functional groups attached to an aromatic ring is 1. The van der Waals surface area contributed by atoms with Crippen LogP contribution in [0.5, 0.6) is 0 Å². The molecule has 1 aromatic heterocycles. The molecule has 1 aromatic carbocycles. The number of benzene rings is 1. The summed E-state index contributed by atoms with van der Waals surface area (Å²) in [5.74, 6) is 0.418. The van der Waals surface area contributed by atoms with Crippen LogP contribution in [0.1, 0.15) is 0 Å². The van der Waals surface area contributed by atoms with Gasteiger partial charge in [-0.15, -0.1) is 0 Å². The molecule has 2 rings (SSSR count). The van der Waals surface area contributed by atoms with Gasteiger partial charge in [-0.1, -0.05) is 0 Å². The van der Waals surface area contributed by atoms with Crippen molar-refractivity contribution in [3.63, 3.8) is 0 Å². The van der Waals surface area contributed by atoms with Crippen LogP contribution in [0.15, 0.2) is 35.2 Å². The zero-order valence-electron chi connectivity index (χ0n) is 12.4. The zero-order valence-corrected chi connectivity index (χ0v) is 13.3. The van der Waals surface area contributed by atoms with Crippen molar-refractivity contribution >= 4 is 26.7 Å². The molecule has 0 atom stereocenters. The summed E-state index contributed by atoms with van der Waals surface area (Å²) < 4.78 is 26.4. The fourth-order valence-electron chi connectivity index (χ4n) is 1.92. The van der Waals surface area contributed by atoms with Gasteiger partial charge in [-0.05, 0) is 44.4 Å². The smallest absolute Gasteiger partial charge is 0.242 e. The van der Waals surface area contributed by atoms with Gasteiger partial charge in [0.2, 0.25) is 10.0 Å². The molecule has 0 spiro atoms. The molecule has 6 nitrogen and oxygen atoms in total. The molecule has 1 heterocycles. The highest BCUT2D eigenvalue weighted by Crippen LogP contribution is 2.21. The molecular weight excluding hydrogens is 288 g/mol. The Morgan fingerprint density at radius 2 is 1.81 bits per heavy atom. The fraction of sp³-hybridized carbons (Fsp3) is 0.357. The third-order valence-electron chi connectivity index (χ3n) is 3.25. The van der Waals surface area contributed by atoms with Crippen LogP contribution in [0.4, 0.5) is 5.82 Å². The Hall–Kier alpha value is -1.70. The van der Waals surface area contributed by atoms with Crippen molar-refractivity contribution < 1.29 is 8.42 Å². The Morgan fingerprint density at radius 1 is 1.10 bits per heavy atom. The maximum atomic E-state index is 12.5. The van der Waals surface area contributed by atoms with Crippen LogP contribution in [0.2, 0.25) is 0 Å². The number of sulfonamides is 1. The van der Waals surface area contributed by atoms with Crippen molar-refractivity contribution in [3.8, 4) is 0 Å². The number of hydrogen-bond donors (Lipinski definition) is 1. The highest BCUT2D eigenvalue weighted by Gasteiger charge is 2.20. The van der Waals surface area contributed by atoms with Gasteiger partial charge in [-0.3, -0.25) is 0 Å². The summed E-state index contributed by atoms with van der Waals surface area (Å²) in [7, 11) is 1.92. The van der Waals surface area contributed by atoms with Gasteiger partial charge in [-0.25, -0.2) is 13.4 Å². The molecule has 0 aliphatic carbocycles. The van der Waals surface area contributed by atoms with Gasteiger partial charge in [-0.2, -0.15) is 4.31 Å². The predicted molar refractivity (Wildman–Crippen MR) is 84.5 cm³/mol. The minimum absolute atomic E-state index is 0.267. The second-order valence-electron chi connectivity index (χ2n) is 5.22. The van der Waals surface area contributed by atoms with Crippen LogP contribution in [-0.2, 0) is 10.0 Å². The van der Waals surface area contributed by atoms with Gasteiger partial charge >= 0.3 is 0 Å². The molecular formula is C14H20N4O2S. The normalized spacial score (nSPS) is 12.4. The summed E-state index contributed by atoms with van der Waals surface area (Å²) in [4.78, 5) is 6.38. The SMILES string of the molecule is CN(C)CCN(C)S(=O)(=O)c1ccc2nc(N)ccc2c1. The van der Waals surface area contributed by atoms with Crippen molar-refractivity contribution in [2.24, 2.45) is 0 Å². The lowest BCUT2D eigenvalue weighted by molar-refractivity contribution is 0.358. The first-order valence-electron chi connectivity index (χ1n) is 6.58. The molecule has 0 bridgehead atoms.